The van der Waals surface area contributed by atoms with Gasteiger partial charge in [0.05, 0.1) is 10.9 Å². The summed E-state index contributed by atoms with van der Waals surface area (Å²) in [7, 11) is 3.99. The molecule has 7 nitrogen and oxygen atoms in total. The second kappa shape index (κ2) is 5.90. The molecule has 1 fully saturated rings. The number of fused-ring (bicyclic) bond motifs is 1. The van der Waals surface area contributed by atoms with Crippen LogP contribution in [-0.2, 0) is 0 Å². The lowest BCUT2D eigenvalue weighted by atomic mass is 10.0. The Morgan fingerprint density at radius 1 is 1.25 bits per heavy atom. The molecule has 0 unspecified atom stereocenters. The maximum absolute atomic E-state index is 12.5. The number of likely N-dealkylation sites (N-methyl/N-ethyl adjacent to an activating group) is 1. The summed E-state index contributed by atoms with van der Waals surface area (Å²) in [4.78, 5) is 43.6. The van der Waals surface area contributed by atoms with Gasteiger partial charge in [-0.25, -0.2) is 4.79 Å². The molecule has 1 aromatic heterocycles. The fourth-order valence-electron chi connectivity index (χ4n) is 2.96. The van der Waals surface area contributed by atoms with Crippen LogP contribution in [0.4, 0.5) is 0 Å². The molecule has 2 aromatic rings. The standard InChI is InChI=1S/C17H22N4O3/c1-10(2)21-16(23)13-6-5-11(7-14(13)18-17(21)24)15(22)20-8-12(9-20)19(3)4/h5-7,10,12H,8-9H2,1-4H3,(H,18,24). The van der Waals surface area contributed by atoms with Crippen molar-refractivity contribution >= 4 is 16.8 Å². The van der Waals surface area contributed by atoms with Crippen molar-refractivity contribution in [2.45, 2.75) is 25.9 Å². The second-order valence-corrected chi connectivity index (χ2v) is 6.79. The number of aromatic amines is 1. The molecule has 3 rings (SSSR count). The number of hydrogen-bond acceptors (Lipinski definition) is 4. The fourth-order valence-corrected chi connectivity index (χ4v) is 2.96. The summed E-state index contributed by atoms with van der Waals surface area (Å²) in [5, 5.41) is 0.412. The Morgan fingerprint density at radius 3 is 2.50 bits per heavy atom. The highest BCUT2D eigenvalue weighted by Gasteiger charge is 2.32. The van der Waals surface area contributed by atoms with Gasteiger partial charge >= 0.3 is 5.69 Å². The second-order valence-electron chi connectivity index (χ2n) is 6.79. The van der Waals surface area contributed by atoms with Crippen molar-refractivity contribution < 1.29 is 4.79 Å². The van der Waals surface area contributed by atoms with Gasteiger partial charge in [0.15, 0.2) is 0 Å². The van der Waals surface area contributed by atoms with E-state index >= 15 is 0 Å². The third-order valence-electron chi connectivity index (χ3n) is 4.57. The molecule has 0 saturated carbocycles. The number of nitrogens with one attached hydrogen (secondary N) is 1. The first-order chi connectivity index (χ1) is 11.3. The number of likely N-dealkylation sites (tertiary alicyclic amines) is 1. The van der Waals surface area contributed by atoms with Gasteiger partial charge in [-0.15, -0.1) is 0 Å². The number of carbonyl (C=O) groups excluding carboxylic acids is 1. The van der Waals surface area contributed by atoms with E-state index < -0.39 is 5.69 Å². The summed E-state index contributed by atoms with van der Waals surface area (Å²) in [5.41, 5.74) is 0.0950. The third-order valence-corrected chi connectivity index (χ3v) is 4.57. The molecule has 0 bridgehead atoms. The number of carbonyl (C=O) groups is 1. The van der Waals surface area contributed by atoms with Gasteiger partial charge < -0.3 is 14.8 Å². The Bertz CT molecular complexity index is 904. The van der Waals surface area contributed by atoms with Crippen molar-refractivity contribution in [1.29, 1.82) is 0 Å². The summed E-state index contributed by atoms with van der Waals surface area (Å²) < 4.78 is 1.18. The number of nitrogens with zero attached hydrogens (tertiary/aromatic N) is 3. The van der Waals surface area contributed by atoms with E-state index in [0.717, 1.165) is 0 Å². The van der Waals surface area contributed by atoms with E-state index in [4.69, 9.17) is 0 Å². The number of amides is 1. The molecule has 1 aliphatic rings. The van der Waals surface area contributed by atoms with Crippen molar-refractivity contribution in [3.63, 3.8) is 0 Å². The van der Waals surface area contributed by atoms with Crippen LogP contribution >= 0.6 is 0 Å². The zero-order valence-electron chi connectivity index (χ0n) is 14.4. The van der Waals surface area contributed by atoms with Crippen LogP contribution in [0.3, 0.4) is 0 Å². The highest BCUT2D eigenvalue weighted by molar-refractivity contribution is 5.98. The van der Waals surface area contributed by atoms with Gasteiger partial charge in [0.2, 0.25) is 0 Å². The minimum atomic E-state index is -0.455. The highest BCUT2D eigenvalue weighted by Crippen LogP contribution is 2.18. The van der Waals surface area contributed by atoms with Gasteiger partial charge in [0.25, 0.3) is 11.5 Å². The summed E-state index contributed by atoms with van der Waals surface area (Å²) in [6.45, 7) is 4.95. The van der Waals surface area contributed by atoms with Crippen LogP contribution in [0, 0.1) is 0 Å². The summed E-state index contributed by atoms with van der Waals surface area (Å²) >= 11 is 0. The van der Waals surface area contributed by atoms with E-state index in [-0.39, 0.29) is 17.5 Å². The largest absolute Gasteiger partial charge is 0.335 e. The van der Waals surface area contributed by atoms with Crippen molar-refractivity contribution in [1.82, 2.24) is 19.4 Å². The average Bonchev–Trinajstić information content (AvgIpc) is 2.43. The normalized spacial score (nSPS) is 15.3. The summed E-state index contributed by atoms with van der Waals surface area (Å²) in [5.74, 6) is -0.0797. The number of H-pyrrole nitrogens is 1. The van der Waals surface area contributed by atoms with Gasteiger partial charge in [-0.3, -0.25) is 14.2 Å². The lowest BCUT2D eigenvalue weighted by Gasteiger charge is -2.42. The van der Waals surface area contributed by atoms with Gasteiger partial charge in [-0.1, -0.05) is 0 Å². The van der Waals surface area contributed by atoms with E-state index in [1.807, 2.05) is 14.1 Å². The molecular formula is C17H22N4O3. The predicted octanol–water partition coefficient (Wildman–Crippen LogP) is 0.657. The molecule has 2 heterocycles. The quantitative estimate of drug-likeness (QED) is 0.897. The van der Waals surface area contributed by atoms with Crippen LogP contribution < -0.4 is 11.2 Å². The van der Waals surface area contributed by atoms with Crippen LogP contribution in [0.5, 0.6) is 0 Å². The molecule has 1 saturated heterocycles. The van der Waals surface area contributed by atoms with Crippen molar-refractivity contribution in [2.75, 3.05) is 27.2 Å². The fraction of sp³-hybridized carbons (Fsp3) is 0.471. The first kappa shape index (κ1) is 16.4. The number of benzene rings is 1. The van der Waals surface area contributed by atoms with Crippen LogP contribution in [0.15, 0.2) is 27.8 Å². The topological polar surface area (TPSA) is 78.4 Å². The number of rotatable bonds is 3. The Kier molecular flexibility index (Phi) is 4.04. The van der Waals surface area contributed by atoms with Crippen molar-refractivity contribution in [2.24, 2.45) is 0 Å². The number of hydrogen-bond donors (Lipinski definition) is 1. The molecule has 1 amide bonds. The van der Waals surface area contributed by atoms with Gasteiger partial charge in [0.1, 0.15) is 0 Å². The Labute approximate surface area is 139 Å². The average molecular weight is 330 g/mol. The zero-order valence-corrected chi connectivity index (χ0v) is 14.4. The Hall–Kier alpha value is -2.41. The summed E-state index contributed by atoms with van der Waals surface area (Å²) in [6.07, 6.45) is 0. The molecule has 0 spiro atoms. The maximum Gasteiger partial charge on any atom is 0.329 e. The molecule has 7 heteroatoms. The lowest BCUT2D eigenvalue weighted by Crippen LogP contribution is -2.59. The minimum absolute atomic E-state index is 0.0797. The Balaban J connectivity index is 1.95. The summed E-state index contributed by atoms with van der Waals surface area (Å²) in [6, 6.07) is 5.01. The molecule has 0 radical (unpaired) electrons. The zero-order chi connectivity index (χ0) is 17.6. The predicted molar refractivity (Wildman–Crippen MR) is 92.6 cm³/mol. The van der Waals surface area contributed by atoms with Crippen LogP contribution in [0.1, 0.15) is 30.2 Å². The first-order valence-corrected chi connectivity index (χ1v) is 8.04. The van der Waals surface area contributed by atoms with Gasteiger partial charge in [-0.2, -0.15) is 0 Å². The lowest BCUT2D eigenvalue weighted by molar-refractivity contribution is 0.0399. The minimum Gasteiger partial charge on any atom is -0.335 e. The molecule has 1 aromatic carbocycles. The monoisotopic (exact) mass is 330 g/mol. The van der Waals surface area contributed by atoms with Gasteiger partial charge in [-0.05, 0) is 46.1 Å². The molecule has 0 atom stereocenters. The molecule has 0 aliphatic carbocycles. The number of aromatic nitrogens is 2. The van der Waals surface area contributed by atoms with Crippen molar-refractivity contribution in [3.05, 3.63) is 44.6 Å². The smallest absolute Gasteiger partial charge is 0.329 e. The van der Waals surface area contributed by atoms with Crippen molar-refractivity contribution in [3.8, 4) is 0 Å². The molecular weight excluding hydrogens is 308 g/mol. The SMILES string of the molecule is CC(C)n1c(=O)[nH]c2cc(C(=O)N3CC(N(C)C)C3)ccc2c1=O. The Morgan fingerprint density at radius 2 is 1.92 bits per heavy atom. The van der Waals surface area contributed by atoms with Gasteiger partial charge in [0, 0.05) is 30.7 Å². The molecule has 128 valence electrons. The van der Waals surface area contributed by atoms with E-state index in [1.54, 1.807) is 36.9 Å². The molecule has 24 heavy (non-hydrogen) atoms. The van der Waals surface area contributed by atoms with E-state index in [9.17, 15) is 14.4 Å². The maximum atomic E-state index is 12.5. The highest BCUT2D eigenvalue weighted by atomic mass is 16.2. The van der Waals surface area contributed by atoms with Crippen LogP contribution in [-0.4, -0.2) is 58.5 Å². The third kappa shape index (κ3) is 2.65. The van der Waals surface area contributed by atoms with E-state index in [1.165, 1.54) is 4.57 Å². The van der Waals surface area contributed by atoms with Crippen LogP contribution in [0.2, 0.25) is 0 Å². The first-order valence-electron chi connectivity index (χ1n) is 8.04. The van der Waals surface area contributed by atoms with E-state index in [2.05, 4.69) is 9.88 Å². The van der Waals surface area contributed by atoms with E-state index in [0.29, 0.717) is 35.6 Å². The molecule has 1 N–H and O–H groups in total. The molecule has 1 aliphatic heterocycles. The van der Waals surface area contributed by atoms with Crippen LogP contribution in [0.25, 0.3) is 10.9 Å².